The molecule has 0 atom stereocenters. The van der Waals surface area contributed by atoms with E-state index in [1.54, 1.807) is 12.1 Å². The molecule has 0 aromatic heterocycles. The van der Waals surface area contributed by atoms with Crippen molar-refractivity contribution in [3.8, 4) is 5.75 Å². The maximum atomic E-state index is 12.2. The monoisotopic (exact) mass is 439 g/mol. The van der Waals surface area contributed by atoms with Gasteiger partial charge in [0.15, 0.2) is 12.4 Å². The summed E-state index contributed by atoms with van der Waals surface area (Å²) in [6.45, 7) is -0.480. The van der Waals surface area contributed by atoms with Gasteiger partial charge in [-0.15, -0.1) is 0 Å². The lowest BCUT2D eigenvalue weighted by Gasteiger charge is -2.07. The number of Topliss-reactive ketones (excluding diaryl/α,β-unsaturated/α-hetero) is 1. The van der Waals surface area contributed by atoms with Crippen LogP contribution in [0.2, 0.25) is 5.02 Å². The van der Waals surface area contributed by atoms with Gasteiger partial charge in [-0.25, -0.2) is 9.59 Å². The summed E-state index contributed by atoms with van der Waals surface area (Å²) >= 11 is 5.92. The van der Waals surface area contributed by atoms with Gasteiger partial charge in [0.05, 0.1) is 21.1 Å². The van der Waals surface area contributed by atoms with E-state index in [0.717, 1.165) is 0 Å². The van der Waals surface area contributed by atoms with E-state index in [9.17, 15) is 24.5 Å². The second-order valence-electron chi connectivity index (χ2n) is 6.20. The Morgan fingerprint density at radius 1 is 0.839 bits per heavy atom. The van der Waals surface area contributed by atoms with E-state index in [1.165, 1.54) is 60.7 Å². The van der Waals surface area contributed by atoms with Crippen LogP contribution in [-0.2, 0) is 4.74 Å². The summed E-state index contributed by atoms with van der Waals surface area (Å²) in [6.07, 6.45) is 0. The molecule has 0 radical (unpaired) electrons. The van der Waals surface area contributed by atoms with Crippen molar-refractivity contribution in [1.82, 2.24) is 0 Å². The predicted molar refractivity (Wildman–Crippen MR) is 111 cm³/mol. The number of non-ortho nitro benzene ring substituents is 1. The molecule has 0 heterocycles. The summed E-state index contributed by atoms with van der Waals surface area (Å²) in [4.78, 5) is 46.5. The van der Waals surface area contributed by atoms with Gasteiger partial charge in [0, 0.05) is 17.7 Å². The number of ketones is 1. The number of nitro benzene ring substituents is 1. The zero-order chi connectivity index (χ0) is 22.4. The summed E-state index contributed by atoms with van der Waals surface area (Å²) in [7, 11) is 0. The van der Waals surface area contributed by atoms with E-state index < -0.39 is 29.3 Å². The summed E-state index contributed by atoms with van der Waals surface area (Å²) in [5.41, 5.74) is 0.402. The first-order valence-corrected chi connectivity index (χ1v) is 9.24. The van der Waals surface area contributed by atoms with Crippen LogP contribution in [0.1, 0.15) is 31.1 Å². The molecule has 8 nitrogen and oxygen atoms in total. The molecular formula is C22H14ClNO7. The molecule has 31 heavy (non-hydrogen) atoms. The molecule has 0 saturated heterocycles. The first-order valence-electron chi connectivity index (χ1n) is 8.86. The van der Waals surface area contributed by atoms with Crippen molar-refractivity contribution in [2.45, 2.75) is 0 Å². The molecule has 3 aromatic rings. The molecule has 0 aliphatic carbocycles. The zero-order valence-electron chi connectivity index (χ0n) is 15.8. The fraction of sp³-hybridized carbons (Fsp3) is 0.0455. The maximum absolute atomic E-state index is 12.2. The van der Waals surface area contributed by atoms with Gasteiger partial charge < -0.3 is 9.47 Å². The van der Waals surface area contributed by atoms with E-state index in [2.05, 4.69) is 0 Å². The number of nitro groups is 1. The van der Waals surface area contributed by atoms with Crippen molar-refractivity contribution in [1.29, 1.82) is 0 Å². The van der Waals surface area contributed by atoms with Crippen LogP contribution in [0.15, 0.2) is 72.8 Å². The van der Waals surface area contributed by atoms with Crippen LogP contribution in [0.25, 0.3) is 0 Å². The molecule has 0 aliphatic heterocycles. The van der Waals surface area contributed by atoms with Gasteiger partial charge in [-0.1, -0.05) is 23.7 Å². The second-order valence-corrected chi connectivity index (χ2v) is 6.60. The minimum Gasteiger partial charge on any atom is -0.454 e. The average molecular weight is 440 g/mol. The van der Waals surface area contributed by atoms with Crippen LogP contribution < -0.4 is 4.74 Å². The number of nitrogens with zero attached hydrogens (tertiary/aromatic N) is 1. The van der Waals surface area contributed by atoms with Crippen LogP contribution in [0.5, 0.6) is 5.75 Å². The topological polar surface area (TPSA) is 113 Å². The van der Waals surface area contributed by atoms with Crippen LogP contribution in [0.4, 0.5) is 5.69 Å². The molecule has 0 bridgehead atoms. The van der Waals surface area contributed by atoms with Crippen LogP contribution in [-0.4, -0.2) is 29.3 Å². The van der Waals surface area contributed by atoms with Crippen LogP contribution >= 0.6 is 11.6 Å². The highest BCUT2D eigenvalue weighted by Crippen LogP contribution is 2.18. The Bertz CT molecular complexity index is 1140. The Kier molecular flexibility index (Phi) is 6.74. The molecule has 0 aliphatic rings. The number of ether oxygens (including phenoxy) is 2. The Balaban J connectivity index is 1.57. The predicted octanol–water partition coefficient (Wildman–Crippen LogP) is 4.51. The average Bonchev–Trinajstić information content (AvgIpc) is 2.78. The van der Waals surface area contributed by atoms with E-state index >= 15 is 0 Å². The normalized spacial score (nSPS) is 10.2. The van der Waals surface area contributed by atoms with E-state index in [1.807, 2.05) is 0 Å². The smallest absolute Gasteiger partial charge is 0.343 e. The minimum absolute atomic E-state index is 0.136. The number of hydrogen-bond acceptors (Lipinski definition) is 7. The Morgan fingerprint density at radius 3 is 2.06 bits per heavy atom. The van der Waals surface area contributed by atoms with Gasteiger partial charge in [-0.2, -0.15) is 0 Å². The fourth-order valence-corrected chi connectivity index (χ4v) is 2.73. The molecule has 0 fully saturated rings. The lowest BCUT2D eigenvalue weighted by molar-refractivity contribution is -0.384. The van der Waals surface area contributed by atoms with Crippen LogP contribution in [0, 0.1) is 10.1 Å². The molecule has 0 saturated carbocycles. The third kappa shape index (κ3) is 5.52. The number of esters is 2. The number of benzene rings is 3. The van der Waals surface area contributed by atoms with Crippen molar-refractivity contribution in [2.75, 3.05) is 6.61 Å². The molecular weight excluding hydrogens is 426 g/mol. The Hall–Kier alpha value is -4.04. The lowest BCUT2D eigenvalue weighted by Crippen LogP contribution is -2.14. The summed E-state index contributed by atoms with van der Waals surface area (Å²) < 4.78 is 10.2. The highest BCUT2D eigenvalue weighted by molar-refractivity contribution is 6.33. The molecule has 156 valence electrons. The fourth-order valence-electron chi connectivity index (χ4n) is 2.51. The summed E-state index contributed by atoms with van der Waals surface area (Å²) in [5.74, 6) is -1.70. The standard InChI is InChI=1S/C22H14ClNO7/c23-19-4-2-1-3-18(19)22(27)30-13-20(25)14-7-11-17(12-8-14)31-21(26)15-5-9-16(10-6-15)24(28)29/h1-12H,13H2. The highest BCUT2D eigenvalue weighted by Gasteiger charge is 2.15. The second kappa shape index (κ2) is 9.64. The quantitative estimate of drug-likeness (QED) is 0.175. The van der Waals surface area contributed by atoms with Gasteiger partial charge in [0.2, 0.25) is 0 Å². The van der Waals surface area contributed by atoms with Crippen molar-refractivity contribution in [2.24, 2.45) is 0 Å². The van der Waals surface area contributed by atoms with E-state index in [0.29, 0.717) is 0 Å². The van der Waals surface area contributed by atoms with E-state index in [4.69, 9.17) is 21.1 Å². The SMILES string of the molecule is O=C(COC(=O)c1ccccc1Cl)c1ccc(OC(=O)c2ccc([N+](=O)[O-])cc2)cc1. The Morgan fingerprint density at radius 2 is 1.45 bits per heavy atom. The molecule has 3 aromatic carbocycles. The molecule has 0 amide bonds. The summed E-state index contributed by atoms with van der Waals surface area (Å²) in [6, 6.07) is 16.9. The summed E-state index contributed by atoms with van der Waals surface area (Å²) in [5, 5.41) is 10.9. The highest BCUT2D eigenvalue weighted by atomic mass is 35.5. The number of halogens is 1. The molecule has 0 unspecified atom stereocenters. The number of hydrogen-bond donors (Lipinski definition) is 0. The van der Waals surface area contributed by atoms with Crippen molar-refractivity contribution >= 4 is 35.0 Å². The van der Waals surface area contributed by atoms with Crippen molar-refractivity contribution in [3.05, 3.63) is 105 Å². The van der Waals surface area contributed by atoms with Gasteiger partial charge in [-0.3, -0.25) is 14.9 Å². The van der Waals surface area contributed by atoms with Gasteiger partial charge >= 0.3 is 11.9 Å². The molecule has 9 heteroatoms. The minimum atomic E-state index is -0.715. The number of carbonyl (C=O) groups is 3. The van der Waals surface area contributed by atoms with Gasteiger partial charge in [0.25, 0.3) is 5.69 Å². The van der Waals surface area contributed by atoms with Crippen molar-refractivity contribution in [3.63, 3.8) is 0 Å². The lowest BCUT2D eigenvalue weighted by atomic mass is 10.1. The molecule has 0 spiro atoms. The van der Waals surface area contributed by atoms with Crippen molar-refractivity contribution < 1.29 is 28.8 Å². The van der Waals surface area contributed by atoms with Gasteiger partial charge in [0.1, 0.15) is 5.75 Å². The van der Waals surface area contributed by atoms with Gasteiger partial charge in [-0.05, 0) is 48.5 Å². The molecule has 0 N–H and O–H groups in total. The third-order valence-electron chi connectivity index (χ3n) is 4.13. The number of rotatable bonds is 7. The molecule has 3 rings (SSSR count). The largest absolute Gasteiger partial charge is 0.454 e. The zero-order valence-corrected chi connectivity index (χ0v) is 16.6. The first kappa shape index (κ1) is 21.7. The third-order valence-corrected chi connectivity index (χ3v) is 4.46. The number of carbonyl (C=O) groups excluding carboxylic acids is 3. The van der Waals surface area contributed by atoms with E-state index in [-0.39, 0.29) is 33.1 Å². The maximum Gasteiger partial charge on any atom is 0.343 e. The van der Waals surface area contributed by atoms with Crippen LogP contribution in [0.3, 0.4) is 0 Å². The Labute approximate surface area is 181 Å². The first-order chi connectivity index (χ1) is 14.8.